The Hall–Kier alpha value is -1.00. The topological polar surface area (TPSA) is 49.3 Å². The first-order valence-electron chi connectivity index (χ1n) is 5.39. The van der Waals surface area contributed by atoms with E-state index < -0.39 is 5.72 Å². The molecule has 86 valence electrons. The smallest absolute Gasteiger partial charge is 0.254 e. The van der Waals surface area contributed by atoms with E-state index in [9.17, 15) is 9.90 Å². The lowest BCUT2D eigenvalue weighted by atomic mass is 10.0. The third kappa shape index (κ3) is 1.95. The monoisotopic (exact) mass is 237 g/mol. The molecule has 1 aliphatic heterocycles. The number of benzene rings is 1. The number of hydrogen-bond donors (Lipinski definition) is 2. The van der Waals surface area contributed by atoms with Crippen LogP contribution in [0.15, 0.2) is 24.3 Å². The summed E-state index contributed by atoms with van der Waals surface area (Å²) < 4.78 is 0. The van der Waals surface area contributed by atoms with Crippen LogP contribution in [0.3, 0.4) is 0 Å². The van der Waals surface area contributed by atoms with Gasteiger partial charge in [-0.25, -0.2) is 0 Å². The molecule has 1 atom stereocenters. The van der Waals surface area contributed by atoms with Crippen LogP contribution < -0.4 is 5.32 Å². The summed E-state index contributed by atoms with van der Waals surface area (Å²) in [4.78, 5) is 11.6. The molecular formula is C12H15NO2S. The second-order valence-corrected chi connectivity index (χ2v) is 5.02. The highest BCUT2D eigenvalue weighted by Crippen LogP contribution is 2.31. The molecule has 16 heavy (non-hydrogen) atoms. The molecule has 1 heterocycles. The Labute approximate surface area is 99.2 Å². The van der Waals surface area contributed by atoms with Crippen molar-refractivity contribution in [3.05, 3.63) is 35.4 Å². The van der Waals surface area contributed by atoms with E-state index in [1.54, 1.807) is 23.9 Å². The van der Waals surface area contributed by atoms with Gasteiger partial charge in [0.15, 0.2) is 5.72 Å². The van der Waals surface area contributed by atoms with Gasteiger partial charge in [0.2, 0.25) is 0 Å². The Morgan fingerprint density at radius 1 is 1.44 bits per heavy atom. The number of fused-ring (bicyclic) bond motifs is 1. The summed E-state index contributed by atoms with van der Waals surface area (Å²) >= 11 is 1.65. The van der Waals surface area contributed by atoms with E-state index >= 15 is 0 Å². The number of nitrogens with one attached hydrogen (secondary N) is 1. The molecule has 1 amide bonds. The maximum absolute atomic E-state index is 11.6. The van der Waals surface area contributed by atoms with Crippen LogP contribution in [0.1, 0.15) is 29.3 Å². The van der Waals surface area contributed by atoms with Gasteiger partial charge in [-0.1, -0.05) is 25.1 Å². The summed E-state index contributed by atoms with van der Waals surface area (Å²) in [6, 6.07) is 7.20. The first-order chi connectivity index (χ1) is 7.67. The van der Waals surface area contributed by atoms with Crippen molar-refractivity contribution in [1.29, 1.82) is 0 Å². The van der Waals surface area contributed by atoms with Crippen molar-refractivity contribution >= 4 is 17.7 Å². The minimum absolute atomic E-state index is 0.185. The minimum Gasteiger partial charge on any atom is -0.366 e. The molecule has 0 spiro atoms. The molecule has 1 aromatic carbocycles. The van der Waals surface area contributed by atoms with Gasteiger partial charge in [0.25, 0.3) is 5.91 Å². The fraction of sp³-hybridized carbons (Fsp3) is 0.417. The number of amides is 1. The van der Waals surface area contributed by atoms with Crippen molar-refractivity contribution in [2.75, 3.05) is 11.5 Å². The lowest BCUT2D eigenvalue weighted by Gasteiger charge is -2.23. The summed E-state index contributed by atoms with van der Waals surface area (Å²) in [5.41, 5.74) is 0.0961. The van der Waals surface area contributed by atoms with Gasteiger partial charge in [-0.15, -0.1) is 0 Å². The van der Waals surface area contributed by atoms with Crippen LogP contribution in [0, 0.1) is 0 Å². The van der Waals surface area contributed by atoms with E-state index in [1.807, 2.05) is 12.1 Å². The molecule has 0 saturated carbocycles. The average Bonchev–Trinajstić information content (AvgIpc) is 2.53. The minimum atomic E-state index is -1.19. The molecule has 1 aliphatic rings. The lowest BCUT2D eigenvalue weighted by molar-refractivity contribution is 0.0343. The van der Waals surface area contributed by atoms with Gasteiger partial charge in [-0.3, -0.25) is 4.79 Å². The zero-order valence-corrected chi connectivity index (χ0v) is 10.0. The number of carbonyl (C=O) groups is 1. The quantitative estimate of drug-likeness (QED) is 0.784. The Balaban J connectivity index is 2.21. The Bertz CT molecular complexity index is 408. The first kappa shape index (κ1) is 11.5. The van der Waals surface area contributed by atoms with Crippen LogP contribution in [-0.2, 0) is 5.72 Å². The third-order valence-corrected chi connectivity index (χ3v) is 3.92. The van der Waals surface area contributed by atoms with Gasteiger partial charge in [0.05, 0.1) is 0 Å². The fourth-order valence-corrected chi connectivity index (χ4v) is 2.80. The largest absolute Gasteiger partial charge is 0.366 e. The highest BCUT2D eigenvalue weighted by Gasteiger charge is 2.40. The summed E-state index contributed by atoms with van der Waals surface area (Å²) in [6.07, 6.45) is 1.07. The van der Waals surface area contributed by atoms with Crippen molar-refractivity contribution in [3.8, 4) is 0 Å². The van der Waals surface area contributed by atoms with Gasteiger partial charge >= 0.3 is 0 Å². The molecule has 1 aromatic rings. The molecule has 0 bridgehead atoms. The van der Waals surface area contributed by atoms with Crippen LogP contribution in [0.25, 0.3) is 0 Å². The molecule has 0 saturated heterocycles. The van der Waals surface area contributed by atoms with Crippen LogP contribution in [0.4, 0.5) is 0 Å². The summed E-state index contributed by atoms with van der Waals surface area (Å²) in [6.45, 7) is 2.10. The van der Waals surface area contributed by atoms with E-state index in [-0.39, 0.29) is 5.91 Å². The molecule has 0 fully saturated rings. The number of thioether (sulfide) groups is 1. The number of hydrogen-bond acceptors (Lipinski definition) is 3. The number of aliphatic hydroxyl groups is 1. The van der Waals surface area contributed by atoms with Gasteiger partial charge in [0.1, 0.15) is 0 Å². The zero-order valence-electron chi connectivity index (χ0n) is 9.19. The molecule has 3 nitrogen and oxygen atoms in total. The molecule has 2 N–H and O–H groups in total. The highest BCUT2D eigenvalue weighted by molar-refractivity contribution is 7.99. The average molecular weight is 237 g/mol. The second-order valence-electron chi connectivity index (χ2n) is 3.91. The predicted molar refractivity (Wildman–Crippen MR) is 65.4 cm³/mol. The number of rotatable bonds is 4. The summed E-state index contributed by atoms with van der Waals surface area (Å²) in [5.74, 6) is 1.31. The van der Waals surface area contributed by atoms with Gasteiger partial charge in [-0.05, 0) is 18.2 Å². The van der Waals surface area contributed by atoms with Crippen molar-refractivity contribution in [3.63, 3.8) is 0 Å². The summed E-state index contributed by atoms with van der Waals surface area (Å²) in [7, 11) is 0. The maximum atomic E-state index is 11.6. The van der Waals surface area contributed by atoms with Crippen LogP contribution in [-0.4, -0.2) is 22.5 Å². The van der Waals surface area contributed by atoms with Crippen molar-refractivity contribution in [1.82, 2.24) is 5.32 Å². The van der Waals surface area contributed by atoms with E-state index in [0.717, 1.165) is 12.2 Å². The SMILES string of the molecule is CCCSCC1(O)NC(=O)c2ccccc21. The highest BCUT2D eigenvalue weighted by atomic mass is 32.2. The molecule has 4 heteroatoms. The third-order valence-electron chi connectivity index (χ3n) is 2.60. The van der Waals surface area contributed by atoms with E-state index in [4.69, 9.17) is 0 Å². The predicted octanol–water partition coefficient (Wildman–Crippen LogP) is 1.72. The molecular weight excluding hydrogens is 222 g/mol. The fourth-order valence-electron chi connectivity index (χ4n) is 1.84. The first-order valence-corrected chi connectivity index (χ1v) is 6.55. The Morgan fingerprint density at radius 3 is 2.94 bits per heavy atom. The lowest BCUT2D eigenvalue weighted by Crippen LogP contribution is -2.41. The Kier molecular flexibility index (Phi) is 3.21. The van der Waals surface area contributed by atoms with Gasteiger partial charge in [-0.2, -0.15) is 11.8 Å². The molecule has 2 rings (SSSR count). The van der Waals surface area contributed by atoms with Gasteiger partial charge in [0, 0.05) is 16.9 Å². The van der Waals surface area contributed by atoms with E-state index in [1.165, 1.54) is 0 Å². The van der Waals surface area contributed by atoms with Crippen molar-refractivity contribution < 1.29 is 9.90 Å². The molecule has 1 unspecified atom stereocenters. The number of carbonyl (C=O) groups excluding carboxylic acids is 1. The molecule has 0 aliphatic carbocycles. The van der Waals surface area contributed by atoms with Crippen LogP contribution >= 0.6 is 11.8 Å². The summed E-state index contributed by atoms with van der Waals surface area (Å²) in [5, 5.41) is 13.0. The maximum Gasteiger partial charge on any atom is 0.254 e. The van der Waals surface area contributed by atoms with Crippen molar-refractivity contribution in [2.45, 2.75) is 19.1 Å². The van der Waals surface area contributed by atoms with Crippen LogP contribution in [0.2, 0.25) is 0 Å². The van der Waals surface area contributed by atoms with E-state index in [2.05, 4.69) is 12.2 Å². The Morgan fingerprint density at radius 2 is 2.19 bits per heavy atom. The van der Waals surface area contributed by atoms with Crippen molar-refractivity contribution in [2.24, 2.45) is 0 Å². The normalized spacial score (nSPS) is 23.0. The van der Waals surface area contributed by atoms with Crippen LogP contribution in [0.5, 0.6) is 0 Å². The molecule has 0 aromatic heterocycles. The van der Waals surface area contributed by atoms with Gasteiger partial charge < -0.3 is 10.4 Å². The zero-order chi connectivity index (χ0) is 11.6. The second kappa shape index (κ2) is 4.47. The van der Waals surface area contributed by atoms with E-state index in [0.29, 0.717) is 16.9 Å². The standard InChI is InChI=1S/C12H15NO2S/c1-2-7-16-8-12(15)10-6-4-3-5-9(10)11(14)13-12/h3-6,15H,2,7-8H2,1H3,(H,13,14). The molecule has 0 radical (unpaired) electrons.